The van der Waals surface area contributed by atoms with Crippen molar-refractivity contribution >= 4 is 28.4 Å². The van der Waals surface area contributed by atoms with E-state index in [0.29, 0.717) is 28.4 Å². The number of hydrogen-bond donors (Lipinski definition) is 1. The molecule has 5 nitrogen and oxygen atoms in total. The van der Waals surface area contributed by atoms with Gasteiger partial charge in [0.05, 0.1) is 27.8 Å². The van der Waals surface area contributed by atoms with Crippen molar-refractivity contribution in [3.8, 4) is 17.0 Å². The fraction of sp³-hybridized carbons (Fsp3) is 0.357. The molecule has 10 rings (SSSR count). The Hall–Kier alpha value is -4.06. The van der Waals surface area contributed by atoms with Crippen LogP contribution in [0.1, 0.15) is 72.4 Å². The highest BCUT2D eigenvalue weighted by Crippen LogP contribution is 2.76. The number of carbonyl (C=O) groups is 1. The number of rotatable bonds is 1. The van der Waals surface area contributed by atoms with E-state index in [1.165, 1.54) is 16.7 Å². The third-order valence-corrected chi connectivity index (χ3v) is 13.8. The zero-order valence-corrected chi connectivity index (χ0v) is 28.0. The van der Waals surface area contributed by atoms with Crippen LogP contribution in [0.25, 0.3) is 22.3 Å². The molecule has 0 bridgehead atoms. The first-order chi connectivity index (χ1) is 23.3. The van der Waals surface area contributed by atoms with Gasteiger partial charge in [0.1, 0.15) is 17.1 Å². The molecule has 4 aromatic carbocycles. The smallest absolute Gasteiger partial charge is 0.148 e. The van der Waals surface area contributed by atoms with Gasteiger partial charge in [0.25, 0.3) is 0 Å². The van der Waals surface area contributed by atoms with E-state index in [4.69, 9.17) is 21.6 Å². The molecule has 5 aliphatic rings. The molecule has 1 aromatic heterocycles. The van der Waals surface area contributed by atoms with Crippen LogP contribution in [0.5, 0.6) is 5.75 Å². The van der Waals surface area contributed by atoms with Crippen LogP contribution in [0, 0.1) is 22.7 Å². The van der Waals surface area contributed by atoms with Gasteiger partial charge in [-0.2, -0.15) is 0 Å². The van der Waals surface area contributed by atoms with Crippen molar-refractivity contribution in [1.82, 2.24) is 14.9 Å². The van der Waals surface area contributed by atoms with Gasteiger partial charge in [-0.3, -0.25) is 9.69 Å². The maximum atomic E-state index is 16.2. The molecule has 5 aromatic rings. The third-order valence-electron chi connectivity index (χ3n) is 13.6. The molecule has 48 heavy (non-hydrogen) atoms. The van der Waals surface area contributed by atoms with Crippen LogP contribution in [0.4, 0.5) is 0 Å². The zero-order chi connectivity index (χ0) is 32.6. The number of hydrogen-bond acceptors (Lipinski definition) is 5. The molecular weight excluding hydrogens is 614 g/mol. The van der Waals surface area contributed by atoms with Crippen LogP contribution < -0.4 is 0 Å². The van der Waals surface area contributed by atoms with Gasteiger partial charge in [0.2, 0.25) is 0 Å². The van der Waals surface area contributed by atoms with Crippen LogP contribution in [-0.2, 0) is 16.8 Å². The van der Waals surface area contributed by atoms with Crippen molar-refractivity contribution in [2.24, 2.45) is 22.7 Å². The van der Waals surface area contributed by atoms with Crippen LogP contribution >= 0.6 is 11.6 Å². The van der Waals surface area contributed by atoms with Crippen LogP contribution in [-0.4, -0.2) is 39.4 Å². The number of ketones is 1. The predicted octanol–water partition coefficient (Wildman–Crippen LogP) is 8.66. The topological polar surface area (TPSA) is 66.3 Å². The lowest BCUT2D eigenvalue weighted by Gasteiger charge is -2.48. The number of aryl methyl sites for hydroxylation is 1. The standard InChI is InChI=1S/C42H38ClN3O2/c1-40-20-19-29-28-18-16-27(47)21-25(28)13-17-30(29)33(40)22-41(39(40)48)34(24-11-14-26(43)15-12-24)23-46(2)42(41)32-8-4-3-7-31(32)37-38(42)45-36-10-6-5-9-35(36)44-37/h3-12,14-16,18,21,29-30,33-34,47H,13,17,19-20,22-23H2,1-2H3/t29-,30-,33+,34-,40+,41-,42-/m1/s1. The fourth-order valence-electron chi connectivity index (χ4n) is 11.8. The Kier molecular flexibility index (Phi) is 5.88. The van der Waals surface area contributed by atoms with Gasteiger partial charge in [-0.1, -0.05) is 73.1 Å². The predicted molar refractivity (Wildman–Crippen MR) is 188 cm³/mol. The fourth-order valence-corrected chi connectivity index (χ4v) is 11.9. The molecule has 4 aliphatic carbocycles. The summed E-state index contributed by atoms with van der Waals surface area (Å²) >= 11 is 6.47. The second-order valence-corrected chi connectivity index (χ2v) is 15.8. The highest BCUT2D eigenvalue weighted by molar-refractivity contribution is 6.30. The Bertz CT molecular complexity index is 2180. The van der Waals surface area contributed by atoms with Crippen LogP contribution in [0.2, 0.25) is 5.02 Å². The van der Waals surface area contributed by atoms with Gasteiger partial charge in [0, 0.05) is 28.5 Å². The number of Topliss-reactive ketones (excluding diaryl/α,β-unsaturated/α-hetero) is 1. The normalized spacial score (nSPS) is 33.1. The van der Waals surface area contributed by atoms with Gasteiger partial charge in [-0.15, -0.1) is 0 Å². The summed E-state index contributed by atoms with van der Waals surface area (Å²) in [5.74, 6) is 1.72. The van der Waals surface area contributed by atoms with E-state index in [1.54, 1.807) is 0 Å². The maximum Gasteiger partial charge on any atom is 0.148 e. The Morgan fingerprint density at radius 2 is 1.67 bits per heavy atom. The summed E-state index contributed by atoms with van der Waals surface area (Å²) in [6.45, 7) is 3.03. The zero-order valence-electron chi connectivity index (χ0n) is 27.3. The number of aromatic hydroxyl groups is 1. The first-order valence-electron chi connectivity index (χ1n) is 17.5. The van der Waals surface area contributed by atoms with Crippen molar-refractivity contribution in [1.29, 1.82) is 0 Å². The molecule has 0 radical (unpaired) electrons. The van der Waals surface area contributed by atoms with Crippen molar-refractivity contribution in [2.75, 3.05) is 13.6 Å². The molecule has 6 heteroatoms. The molecule has 2 saturated carbocycles. The Labute approximate surface area is 286 Å². The molecule has 7 atom stereocenters. The summed E-state index contributed by atoms with van der Waals surface area (Å²) in [7, 11) is 2.21. The lowest BCUT2D eigenvalue weighted by molar-refractivity contribution is -0.139. The lowest BCUT2D eigenvalue weighted by Crippen LogP contribution is -2.54. The van der Waals surface area contributed by atoms with Gasteiger partial charge >= 0.3 is 0 Å². The van der Waals surface area contributed by atoms with Crippen LogP contribution in [0.15, 0.2) is 91.0 Å². The van der Waals surface area contributed by atoms with Crippen molar-refractivity contribution in [2.45, 2.75) is 56.4 Å². The number of benzene rings is 4. The average Bonchev–Trinajstić information content (AvgIpc) is 3.64. The van der Waals surface area contributed by atoms with Gasteiger partial charge in [-0.25, -0.2) is 9.97 Å². The van der Waals surface area contributed by atoms with Gasteiger partial charge in [-0.05, 0) is 116 Å². The largest absolute Gasteiger partial charge is 0.508 e. The summed E-state index contributed by atoms with van der Waals surface area (Å²) in [6.07, 6.45) is 4.63. The number of likely N-dealkylation sites (N-methyl/N-ethyl adjacent to an activating group) is 1. The van der Waals surface area contributed by atoms with Crippen molar-refractivity contribution in [3.63, 3.8) is 0 Å². The molecule has 1 aliphatic heterocycles. The highest BCUT2D eigenvalue weighted by atomic mass is 35.5. The van der Waals surface area contributed by atoms with Crippen LogP contribution in [0.3, 0.4) is 0 Å². The Balaban J connectivity index is 1.25. The number of phenolic OH excluding ortho intramolecular Hbond substituents is 1. The van der Waals surface area contributed by atoms with Crippen molar-refractivity contribution < 1.29 is 9.90 Å². The number of phenols is 1. The Morgan fingerprint density at radius 3 is 2.48 bits per heavy atom. The number of halogens is 1. The van der Waals surface area contributed by atoms with E-state index in [0.717, 1.165) is 72.2 Å². The third kappa shape index (κ3) is 3.39. The molecule has 2 heterocycles. The van der Waals surface area contributed by atoms with E-state index in [-0.39, 0.29) is 11.8 Å². The highest BCUT2D eigenvalue weighted by Gasteiger charge is 2.78. The summed E-state index contributed by atoms with van der Waals surface area (Å²) in [6, 6.07) is 31.0. The summed E-state index contributed by atoms with van der Waals surface area (Å²) in [5.41, 5.74) is 7.64. The summed E-state index contributed by atoms with van der Waals surface area (Å²) in [5, 5.41) is 11.0. The molecule has 1 N–H and O–H groups in total. The van der Waals surface area contributed by atoms with E-state index in [2.05, 4.69) is 67.4 Å². The molecule has 0 unspecified atom stereocenters. The Morgan fingerprint density at radius 1 is 0.917 bits per heavy atom. The second-order valence-electron chi connectivity index (χ2n) is 15.4. The van der Waals surface area contributed by atoms with Gasteiger partial charge < -0.3 is 5.11 Å². The number of likely N-dealkylation sites (tertiary alicyclic amines) is 1. The minimum absolute atomic E-state index is 0.0479. The second kappa shape index (κ2) is 9.77. The molecular formula is C42H38ClN3O2. The number of carbonyl (C=O) groups excluding carboxylic acids is 1. The van der Waals surface area contributed by atoms with E-state index in [1.807, 2.05) is 42.5 Å². The molecule has 2 spiro atoms. The van der Waals surface area contributed by atoms with Gasteiger partial charge in [0.15, 0.2) is 0 Å². The first kappa shape index (κ1) is 28.9. The molecule has 3 fully saturated rings. The average molecular weight is 652 g/mol. The summed E-state index contributed by atoms with van der Waals surface area (Å²) < 4.78 is 0. The number of fused-ring (bicyclic) bond motifs is 12. The van der Waals surface area contributed by atoms with E-state index < -0.39 is 16.4 Å². The quantitative estimate of drug-likeness (QED) is 0.197. The number of nitrogens with zero attached hydrogens (tertiary/aromatic N) is 3. The maximum absolute atomic E-state index is 16.2. The number of para-hydroxylation sites is 2. The van der Waals surface area contributed by atoms with E-state index in [9.17, 15) is 5.11 Å². The summed E-state index contributed by atoms with van der Waals surface area (Å²) in [4.78, 5) is 29.4. The molecule has 240 valence electrons. The lowest BCUT2D eigenvalue weighted by atomic mass is 9.55. The molecule has 0 amide bonds. The first-order valence-corrected chi connectivity index (χ1v) is 17.9. The molecule has 1 saturated heterocycles. The monoisotopic (exact) mass is 651 g/mol. The minimum Gasteiger partial charge on any atom is -0.508 e. The SMILES string of the molecule is CN1C[C@H](c2ccc(Cl)cc2)[C@@]2(C[C@H]3[C@@H]4CCc5cc(O)ccc5[C@H]4CC[C@]3(C)C2=O)[C@]12c1ccccc1-c1nc3ccccc3nc12. The van der Waals surface area contributed by atoms with E-state index >= 15 is 4.79 Å². The number of aromatic nitrogens is 2. The minimum atomic E-state index is -0.772. The van der Waals surface area contributed by atoms with Crippen molar-refractivity contribution in [3.05, 3.63) is 124 Å².